The van der Waals surface area contributed by atoms with Crippen molar-refractivity contribution >= 4 is 0 Å². The summed E-state index contributed by atoms with van der Waals surface area (Å²) in [5.41, 5.74) is 14.1. The van der Waals surface area contributed by atoms with Crippen LogP contribution < -0.4 is 0 Å². The van der Waals surface area contributed by atoms with E-state index in [1.165, 1.54) is 5.56 Å². The van der Waals surface area contributed by atoms with Crippen LogP contribution in [0, 0.1) is 0 Å². The molecule has 0 unspecified atom stereocenters. The summed E-state index contributed by atoms with van der Waals surface area (Å²) in [5, 5.41) is 0. The maximum Gasteiger partial charge on any atom is 0.164 e. The summed E-state index contributed by atoms with van der Waals surface area (Å²) >= 11 is 0. The van der Waals surface area contributed by atoms with E-state index in [0.717, 1.165) is 72.6 Å². The average Bonchev–Trinajstić information content (AvgIpc) is 3.35. The molecule has 0 bridgehead atoms. The van der Waals surface area contributed by atoms with Gasteiger partial charge in [-0.2, -0.15) is 0 Å². The second-order valence-corrected chi connectivity index (χ2v) is 14.5. The van der Waals surface area contributed by atoms with E-state index in [1.54, 1.807) is 0 Å². The summed E-state index contributed by atoms with van der Waals surface area (Å²) in [5.74, 6) is 2.53. The zero-order valence-corrected chi connectivity index (χ0v) is 32.6. The standard InChI is InChI=1S/C55H37N5/c1-5-17-38(18-6-1)44-25-15-27-46(35-44)48-29-13-14-30-49(48)55-59-53(43-23-11-4-12-24-43)58-54(60-55)47-28-16-26-45(36-47)39-31-33-41(34-32-39)51-37-50(40-19-7-2-8-20-40)56-52(57-51)42-21-9-3-10-22-42/h1-37H. The van der Waals surface area contributed by atoms with Crippen LogP contribution in [-0.4, -0.2) is 24.9 Å². The fraction of sp³-hybridized carbons (Fsp3) is 0. The maximum atomic E-state index is 5.18. The fourth-order valence-corrected chi connectivity index (χ4v) is 7.51. The van der Waals surface area contributed by atoms with Crippen molar-refractivity contribution in [3.05, 3.63) is 224 Å². The minimum absolute atomic E-state index is 0.605. The second kappa shape index (κ2) is 16.4. The van der Waals surface area contributed by atoms with E-state index in [-0.39, 0.29) is 0 Å². The molecular formula is C55H37N5. The Morgan fingerprint density at radius 2 is 0.533 bits per heavy atom. The Balaban J connectivity index is 1.02. The van der Waals surface area contributed by atoms with Gasteiger partial charge in [0.1, 0.15) is 0 Å². The molecule has 0 amide bonds. The van der Waals surface area contributed by atoms with Crippen LogP contribution in [0.1, 0.15) is 0 Å². The van der Waals surface area contributed by atoms with Crippen molar-refractivity contribution in [2.24, 2.45) is 0 Å². The Labute approximate surface area is 349 Å². The minimum atomic E-state index is 0.605. The number of hydrogen-bond donors (Lipinski definition) is 0. The Bertz CT molecular complexity index is 3000. The summed E-state index contributed by atoms with van der Waals surface area (Å²) in [6, 6.07) is 77.0. The molecule has 0 saturated heterocycles. The third-order valence-electron chi connectivity index (χ3n) is 10.6. The molecule has 282 valence electrons. The van der Waals surface area contributed by atoms with Gasteiger partial charge in [0.15, 0.2) is 23.3 Å². The molecule has 0 fully saturated rings. The molecule has 60 heavy (non-hydrogen) atoms. The van der Waals surface area contributed by atoms with Gasteiger partial charge in [-0.3, -0.25) is 0 Å². The molecule has 10 rings (SSSR count). The number of benzene rings is 8. The lowest BCUT2D eigenvalue weighted by Gasteiger charge is -2.13. The smallest absolute Gasteiger partial charge is 0.164 e. The summed E-state index contributed by atoms with van der Waals surface area (Å²) in [6.45, 7) is 0. The molecule has 0 atom stereocenters. The van der Waals surface area contributed by atoms with Gasteiger partial charge in [-0.25, -0.2) is 24.9 Å². The molecule has 5 nitrogen and oxygen atoms in total. The highest BCUT2D eigenvalue weighted by Crippen LogP contribution is 2.36. The quantitative estimate of drug-likeness (QED) is 0.146. The van der Waals surface area contributed by atoms with Crippen LogP contribution in [0.25, 0.3) is 101 Å². The van der Waals surface area contributed by atoms with E-state index in [0.29, 0.717) is 23.3 Å². The van der Waals surface area contributed by atoms with Gasteiger partial charge in [0.25, 0.3) is 0 Å². The van der Waals surface area contributed by atoms with Crippen molar-refractivity contribution in [2.75, 3.05) is 0 Å². The Morgan fingerprint density at radius 3 is 1.12 bits per heavy atom. The number of nitrogens with zero attached hydrogens (tertiary/aromatic N) is 5. The molecule has 5 heteroatoms. The molecule has 8 aromatic carbocycles. The van der Waals surface area contributed by atoms with Crippen molar-refractivity contribution in [1.82, 2.24) is 24.9 Å². The van der Waals surface area contributed by atoms with Crippen LogP contribution in [0.15, 0.2) is 224 Å². The third kappa shape index (κ3) is 7.63. The molecule has 0 radical (unpaired) electrons. The Kier molecular flexibility index (Phi) is 9.88. The average molecular weight is 768 g/mol. The summed E-state index contributed by atoms with van der Waals surface area (Å²) in [7, 11) is 0. The molecule has 0 aliphatic heterocycles. The molecule has 0 aliphatic carbocycles. The first-order valence-electron chi connectivity index (χ1n) is 20.0. The van der Waals surface area contributed by atoms with Gasteiger partial charge < -0.3 is 0 Å². The Hall–Kier alpha value is -8.15. The van der Waals surface area contributed by atoms with E-state index < -0.39 is 0 Å². The van der Waals surface area contributed by atoms with Gasteiger partial charge in [-0.15, -0.1) is 0 Å². The van der Waals surface area contributed by atoms with E-state index >= 15 is 0 Å². The van der Waals surface area contributed by atoms with Gasteiger partial charge >= 0.3 is 0 Å². The van der Waals surface area contributed by atoms with Gasteiger partial charge in [0.2, 0.25) is 0 Å². The molecule has 2 heterocycles. The molecule has 0 spiro atoms. The highest BCUT2D eigenvalue weighted by Gasteiger charge is 2.17. The van der Waals surface area contributed by atoms with Crippen molar-refractivity contribution in [3.8, 4) is 101 Å². The fourth-order valence-electron chi connectivity index (χ4n) is 7.51. The lowest BCUT2D eigenvalue weighted by molar-refractivity contribution is 1.07. The first-order chi connectivity index (χ1) is 29.7. The molecule has 10 aromatic rings. The predicted molar refractivity (Wildman–Crippen MR) is 244 cm³/mol. The molecule has 0 N–H and O–H groups in total. The zero-order chi connectivity index (χ0) is 40.1. The zero-order valence-electron chi connectivity index (χ0n) is 32.6. The van der Waals surface area contributed by atoms with Crippen LogP contribution in [0.5, 0.6) is 0 Å². The van der Waals surface area contributed by atoms with Gasteiger partial charge in [-0.05, 0) is 51.6 Å². The van der Waals surface area contributed by atoms with Gasteiger partial charge in [0, 0.05) is 33.4 Å². The first kappa shape index (κ1) is 36.2. The molecule has 2 aromatic heterocycles. The highest BCUT2D eigenvalue weighted by molar-refractivity contribution is 5.84. The van der Waals surface area contributed by atoms with Crippen molar-refractivity contribution in [1.29, 1.82) is 0 Å². The Morgan fingerprint density at radius 1 is 0.183 bits per heavy atom. The van der Waals surface area contributed by atoms with Crippen molar-refractivity contribution < 1.29 is 0 Å². The number of hydrogen-bond acceptors (Lipinski definition) is 5. The van der Waals surface area contributed by atoms with Crippen LogP contribution in [0.4, 0.5) is 0 Å². The van der Waals surface area contributed by atoms with Crippen molar-refractivity contribution in [2.45, 2.75) is 0 Å². The highest BCUT2D eigenvalue weighted by atomic mass is 15.0. The normalized spacial score (nSPS) is 11.0. The van der Waals surface area contributed by atoms with Crippen LogP contribution in [0.3, 0.4) is 0 Å². The number of aromatic nitrogens is 5. The van der Waals surface area contributed by atoms with Crippen LogP contribution in [0.2, 0.25) is 0 Å². The van der Waals surface area contributed by atoms with E-state index in [2.05, 4.69) is 133 Å². The predicted octanol–water partition coefficient (Wildman–Crippen LogP) is 13.7. The SMILES string of the molecule is c1ccc(-c2cccc(-c3ccccc3-c3nc(-c4ccccc4)nc(-c4cccc(-c5ccc(-c6cc(-c7ccccc7)nc(-c7ccccc7)n6)cc5)c4)n3)c2)cc1. The lowest BCUT2D eigenvalue weighted by atomic mass is 9.95. The maximum absolute atomic E-state index is 5.18. The van der Waals surface area contributed by atoms with Crippen molar-refractivity contribution in [3.63, 3.8) is 0 Å². The molecule has 0 saturated carbocycles. The molecular weight excluding hydrogens is 731 g/mol. The van der Waals surface area contributed by atoms with Crippen LogP contribution in [-0.2, 0) is 0 Å². The van der Waals surface area contributed by atoms with E-state index in [9.17, 15) is 0 Å². The topological polar surface area (TPSA) is 64.5 Å². The van der Waals surface area contributed by atoms with Crippen LogP contribution >= 0.6 is 0 Å². The molecule has 0 aliphatic rings. The number of rotatable bonds is 9. The van der Waals surface area contributed by atoms with Gasteiger partial charge in [0.05, 0.1) is 11.4 Å². The third-order valence-corrected chi connectivity index (χ3v) is 10.6. The first-order valence-corrected chi connectivity index (χ1v) is 20.0. The van der Waals surface area contributed by atoms with E-state index in [1.807, 2.05) is 91.0 Å². The lowest BCUT2D eigenvalue weighted by Crippen LogP contribution is -2.01. The van der Waals surface area contributed by atoms with E-state index in [4.69, 9.17) is 24.9 Å². The largest absolute Gasteiger partial charge is 0.228 e. The second-order valence-electron chi connectivity index (χ2n) is 14.5. The summed E-state index contributed by atoms with van der Waals surface area (Å²) in [6.07, 6.45) is 0. The van der Waals surface area contributed by atoms with Gasteiger partial charge in [-0.1, -0.05) is 206 Å². The monoisotopic (exact) mass is 767 g/mol. The summed E-state index contributed by atoms with van der Waals surface area (Å²) in [4.78, 5) is 25.4. The minimum Gasteiger partial charge on any atom is -0.228 e. The summed E-state index contributed by atoms with van der Waals surface area (Å²) < 4.78 is 0.